The van der Waals surface area contributed by atoms with Gasteiger partial charge in [-0.25, -0.2) is 0 Å². The minimum absolute atomic E-state index is 1.16. The molecule has 0 atom stereocenters. The van der Waals surface area contributed by atoms with Gasteiger partial charge >= 0.3 is 0 Å². The third kappa shape index (κ3) is 3.80. The van der Waals surface area contributed by atoms with Crippen molar-refractivity contribution in [3.8, 4) is 0 Å². The molecule has 0 heterocycles. The highest BCUT2D eigenvalue weighted by Crippen LogP contribution is 1.79. The summed E-state index contributed by atoms with van der Waals surface area (Å²) < 4.78 is 3.29. The van der Waals surface area contributed by atoms with Crippen LogP contribution >= 0.6 is 22.9 Å². The molecular weight excluding hydrogens is 195 g/mol. The Hall–Kier alpha value is -0.200. The molecule has 34 valence electrons. The molecule has 0 aromatic heterocycles. The average Bonchev–Trinajstić information content (AvgIpc) is 1.61. The largest absolute Gasteiger partial charge is 0.322 e. The van der Waals surface area contributed by atoms with Crippen LogP contribution in [0.15, 0.2) is 13.5 Å². The van der Waals surface area contributed by atoms with Gasteiger partial charge in [0.05, 0.1) is 0 Å². The molecule has 0 rings (SSSR count). The molecule has 0 aliphatic carbocycles. The van der Waals surface area contributed by atoms with Crippen molar-refractivity contribution in [2.45, 2.75) is 0 Å². The summed E-state index contributed by atoms with van der Waals surface area (Å²) in [6.45, 7) is 0. The molecule has 0 fully saturated rings. The van der Waals surface area contributed by atoms with Crippen LogP contribution in [0.5, 0.6) is 0 Å². The van der Waals surface area contributed by atoms with Crippen LogP contribution in [0.1, 0.15) is 0 Å². The minimum atomic E-state index is 1.16. The Morgan fingerprint density at radius 3 is 2.50 bits per heavy atom. The fourth-order valence-corrected chi connectivity index (χ4v) is 0.161. The van der Waals surface area contributed by atoms with E-state index in [0.29, 0.717) is 0 Å². The van der Waals surface area contributed by atoms with Gasteiger partial charge in [0.15, 0.2) is 6.34 Å². The highest BCUT2D eigenvalue weighted by Gasteiger charge is 1.51. The van der Waals surface area contributed by atoms with Crippen molar-refractivity contribution in [2.75, 3.05) is 0 Å². The summed E-state index contributed by atoms with van der Waals surface area (Å²) >= 11 is 1.72. The van der Waals surface area contributed by atoms with Crippen molar-refractivity contribution in [2.24, 2.45) is 19.4 Å². The van der Waals surface area contributed by atoms with Crippen LogP contribution in [-0.2, 0) is 0 Å². The zero-order chi connectivity index (χ0) is 4.83. The Balaban J connectivity index is 3.07. The minimum Gasteiger partial charge on any atom is -0.322 e. The van der Waals surface area contributed by atoms with Gasteiger partial charge in [0.25, 0.3) is 0 Å². The summed E-state index contributed by atoms with van der Waals surface area (Å²) in [6.07, 6.45) is 1.16. The zero-order valence-electron chi connectivity index (χ0n) is 2.87. The molecule has 0 unspecified atom stereocenters. The fourth-order valence-electron chi connectivity index (χ4n) is 0.0493. The topological polar surface area (TPSA) is 63.1 Å². The van der Waals surface area contributed by atoms with Gasteiger partial charge in [0.2, 0.25) is 0 Å². The number of halogens is 1. The van der Waals surface area contributed by atoms with E-state index in [4.69, 9.17) is 0 Å². The molecule has 0 aliphatic rings. The van der Waals surface area contributed by atoms with Gasteiger partial charge in [0, 0.05) is 0 Å². The molecule has 0 aromatic rings. The molecule has 0 saturated carbocycles. The number of nitrogens with two attached hydrogens (primary N) is 1. The highest BCUT2D eigenvalue weighted by atomic mass is 127. The van der Waals surface area contributed by atoms with Crippen LogP contribution in [0.4, 0.5) is 0 Å². The monoisotopic (exact) mass is 198 g/mol. The predicted octanol–water partition coefficient (Wildman–Crippen LogP) is 0.691. The summed E-state index contributed by atoms with van der Waals surface area (Å²) in [4.78, 5) is 0. The van der Waals surface area contributed by atoms with Gasteiger partial charge in [-0.15, -0.1) is 8.44 Å². The first-order valence-corrected chi connectivity index (χ1v) is 2.11. The quantitative estimate of drug-likeness (QED) is 0.165. The molecule has 6 heavy (non-hydrogen) atoms. The maximum Gasteiger partial charge on any atom is 0.158 e. The maximum atomic E-state index is 4.63. The molecule has 0 saturated heterocycles. The van der Waals surface area contributed by atoms with Gasteiger partial charge in [-0.2, -0.15) is 5.10 Å². The average molecular weight is 198 g/mol. The predicted molar refractivity (Wildman–Crippen MR) is 31.6 cm³/mol. The number of hydrogen-bond donors (Lipinski definition) is 1. The summed E-state index contributed by atoms with van der Waals surface area (Å²) in [5, 5.41) is 6.32. The van der Waals surface area contributed by atoms with E-state index >= 15 is 0 Å². The normalized spacial score (nSPS) is 11.5. The van der Waals surface area contributed by atoms with E-state index in [0.717, 1.165) is 6.34 Å². The lowest BCUT2D eigenvalue weighted by Gasteiger charge is -1.62. The molecule has 4 nitrogen and oxygen atoms in total. The lowest BCUT2D eigenvalue weighted by Crippen LogP contribution is -1.76. The molecule has 0 spiro atoms. The van der Waals surface area contributed by atoms with E-state index in [1.54, 1.807) is 22.9 Å². The Bertz CT molecular complexity index is 55.9. The number of hydrazone groups is 1. The third-order valence-corrected chi connectivity index (χ3v) is 0.411. The third-order valence-electron chi connectivity index (χ3n) is 0.162. The highest BCUT2D eigenvalue weighted by molar-refractivity contribution is 14.1. The molecule has 0 aromatic carbocycles. The molecular formula is CH3IN4. The second-order valence-electron chi connectivity index (χ2n) is 0.456. The standard InChI is InChI=1S/CH3IN4/c2-6-5-1-4-3/h1H,3H2/b4-1-,6-5?. The van der Waals surface area contributed by atoms with Gasteiger partial charge < -0.3 is 5.84 Å². The van der Waals surface area contributed by atoms with E-state index in [1.807, 2.05) is 0 Å². The number of rotatable bonds is 1. The summed E-state index contributed by atoms with van der Waals surface area (Å²) in [6, 6.07) is 0. The van der Waals surface area contributed by atoms with Crippen molar-refractivity contribution in [1.29, 1.82) is 0 Å². The first-order chi connectivity index (χ1) is 2.91. The van der Waals surface area contributed by atoms with Gasteiger partial charge in [-0.3, -0.25) is 0 Å². The SMILES string of the molecule is N/N=C\N=NI. The molecule has 0 bridgehead atoms. The van der Waals surface area contributed by atoms with Crippen LogP contribution < -0.4 is 5.84 Å². The van der Waals surface area contributed by atoms with Crippen LogP contribution in [-0.4, -0.2) is 6.34 Å². The maximum absolute atomic E-state index is 4.63. The number of hydrogen-bond acceptors (Lipinski definition) is 3. The van der Waals surface area contributed by atoms with Crippen molar-refractivity contribution < 1.29 is 0 Å². The van der Waals surface area contributed by atoms with Gasteiger partial charge in [-0.05, 0) is 0 Å². The second-order valence-corrected chi connectivity index (χ2v) is 0.887. The summed E-state index contributed by atoms with van der Waals surface area (Å²) in [5.74, 6) is 4.63. The Morgan fingerprint density at radius 2 is 2.33 bits per heavy atom. The fraction of sp³-hybridized carbons (Fsp3) is 0. The lowest BCUT2D eigenvalue weighted by atomic mass is 11.4. The van der Waals surface area contributed by atoms with Crippen LogP contribution in [0.25, 0.3) is 0 Å². The van der Waals surface area contributed by atoms with Gasteiger partial charge in [-0.1, -0.05) is 0 Å². The second kappa shape index (κ2) is 4.80. The van der Waals surface area contributed by atoms with Crippen molar-refractivity contribution in [1.82, 2.24) is 0 Å². The van der Waals surface area contributed by atoms with Crippen LogP contribution in [0.2, 0.25) is 0 Å². The summed E-state index contributed by atoms with van der Waals surface area (Å²) in [7, 11) is 0. The van der Waals surface area contributed by atoms with Gasteiger partial charge in [0.1, 0.15) is 22.9 Å². The molecule has 5 heteroatoms. The molecule has 0 amide bonds. The van der Waals surface area contributed by atoms with E-state index < -0.39 is 0 Å². The zero-order valence-corrected chi connectivity index (χ0v) is 5.03. The Labute approximate surface area is 49.0 Å². The summed E-state index contributed by atoms with van der Waals surface area (Å²) in [5.41, 5.74) is 0. The lowest BCUT2D eigenvalue weighted by molar-refractivity contribution is 1.24. The van der Waals surface area contributed by atoms with E-state index in [2.05, 4.69) is 19.4 Å². The van der Waals surface area contributed by atoms with Crippen LogP contribution in [0.3, 0.4) is 0 Å². The first-order valence-electron chi connectivity index (χ1n) is 1.14. The van der Waals surface area contributed by atoms with E-state index in [-0.39, 0.29) is 0 Å². The molecule has 0 radical (unpaired) electrons. The Morgan fingerprint density at radius 1 is 1.67 bits per heavy atom. The first kappa shape index (κ1) is 5.80. The van der Waals surface area contributed by atoms with Crippen LogP contribution in [0, 0.1) is 0 Å². The number of nitrogens with zero attached hydrogens (tertiary/aromatic N) is 3. The van der Waals surface area contributed by atoms with Crippen molar-refractivity contribution >= 4 is 29.2 Å². The van der Waals surface area contributed by atoms with E-state index in [1.165, 1.54) is 0 Å². The molecule has 0 aliphatic heterocycles. The molecule has 2 N–H and O–H groups in total. The van der Waals surface area contributed by atoms with E-state index in [9.17, 15) is 0 Å². The van der Waals surface area contributed by atoms with Crippen molar-refractivity contribution in [3.63, 3.8) is 0 Å². The van der Waals surface area contributed by atoms with Crippen molar-refractivity contribution in [3.05, 3.63) is 0 Å². The Kier molecular flexibility index (Phi) is 4.64. The smallest absolute Gasteiger partial charge is 0.158 e.